The first-order valence-electron chi connectivity index (χ1n) is 12.2. The summed E-state index contributed by atoms with van der Waals surface area (Å²) in [4.78, 5) is 29.1. The third kappa shape index (κ3) is 4.35. The zero-order chi connectivity index (χ0) is 25.2. The van der Waals surface area contributed by atoms with Crippen LogP contribution in [0.2, 0.25) is 0 Å². The van der Waals surface area contributed by atoms with Crippen molar-refractivity contribution in [1.29, 1.82) is 0 Å². The van der Waals surface area contributed by atoms with E-state index in [1.807, 2.05) is 67.6 Å². The number of nitrogens with zero attached hydrogens (tertiary/aromatic N) is 1. The first kappa shape index (κ1) is 23.7. The van der Waals surface area contributed by atoms with Gasteiger partial charge in [0, 0.05) is 6.54 Å². The average Bonchev–Trinajstić information content (AvgIpc) is 3.18. The van der Waals surface area contributed by atoms with Crippen molar-refractivity contribution in [3.8, 4) is 11.5 Å². The Balaban J connectivity index is 1.56. The van der Waals surface area contributed by atoms with Crippen LogP contribution in [0.15, 0.2) is 75.9 Å². The zero-order valence-electron chi connectivity index (χ0n) is 20.7. The monoisotopic (exact) mass is 483 g/mol. The lowest BCUT2D eigenvalue weighted by molar-refractivity contribution is 0.0730. The zero-order valence-corrected chi connectivity index (χ0v) is 20.7. The molecule has 0 saturated heterocycles. The smallest absolute Gasteiger partial charge is 0.290 e. The number of carbonyl (C=O) groups excluding carboxylic acids is 1. The number of rotatable bonds is 8. The van der Waals surface area contributed by atoms with Gasteiger partial charge < -0.3 is 18.8 Å². The maximum atomic E-state index is 13.7. The van der Waals surface area contributed by atoms with Crippen LogP contribution < -0.4 is 14.9 Å². The van der Waals surface area contributed by atoms with Gasteiger partial charge in [0.15, 0.2) is 5.43 Å². The molecule has 1 amide bonds. The van der Waals surface area contributed by atoms with Gasteiger partial charge in [-0.25, -0.2) is 0 Å². The summed E-state index contributed by atoms with van der Waals surface area (Å²) in [5.74, 6) is 1.40. The molecule has 1 aliphatic heterocycles. The predicted octanol–water partition coefficient (Wildman–Crippen LogP) is 5.69. The molecule has 1 aliphatic rings. The van der Waals surface area contributed by atoms with Crippen molar-refractivity contribution in [2.75, 3.05) is 20.3 Å². The fourth-order valence-electron chi connectivity index (χ4n) is 4.72. The number of benzene rings is 3. The van der Waals surface area contributed by atoms with Gasteiger partial charge in [0.2, 0.25) is 5.76 Å². The summed E-state index contributed by atoms with van der Waals surface area (Å²) >= 11 is 0. The van der Waals surface area contributed by atoms with Crippen LogP contribution in [-0.2, 0) is 6.42 Å². The Morgan fingerprint density at radius 1 is 0.944 bits per heavy atom. The average molecular weight is 484 g/mol. The van der Waals surface area contributed by atoms with Crippen LogP contribution in [0.3, 0.4) is 0 Å². The first-order valence-corrected chi connectivity index (χ1v) is 12.2. The fourth-order valence-corrected chi connectivity index (χ4v) is 4.72. The molecule has 6 heteroatoms. The van der Waals surface area contributed by atoms with E-state index >= 15 is 0 Å². The molecule has 36 heavy (non-hydrogen) atoms. The number of ether oxygens (including phenoxy) is 2. The fraction of sp³-hybridized carbons (Fsp3) is 0.267. The molecule has 0 N–H and O–H groups in total. The summed E-state index contributed by atoms with van der Waals surface area (Å²) in [6.07, 6.45) is 1.55. The van der Waals surface area contributed by atoms with Gasteiger partial charge >= 0.3 is 0 Å². The maximum Gasteiger partial charge on any atom is 0.290 e. The van der Waals surface area contributed by atoms with Gasteiger partial charge in [-0.05, 0) is 67.3 Å². The number of carbonyl (C=O) groups is 1. The van der Waals surface area contributed by atoms with Crippen molar-refractivity contribution in [3.63, 3.8) is 0 Å². The number of methoxy groups -OCH3 is 1. The molecule has 1 unspecified atom stereocenters. The normalized spacial score (nSPS) is 14.8. The molecule has 3 aromatic carbocycles. The Hall–Kier alpha value is -4.06. The molecule has 0 spiro atoms. The summed E-state index contributed by atoms with van der Waals surface area (Å²) < 4.78 is 17.1. The molecule has 2 heterocycles. The van der Waals surface area contributed by atoms with Crippen molar-refractivity contribution in [3.05, 3.63) is 105 Å². The number of hydrogen-bond donors (Lipinski definition) is 0. The number of amides is 1. The summed E-state index contributed by atoms with van der Waals surface area (Å²) in [6, 6.07) is 20.4. The molecular weight excluding hydrogens is 454 g/mol. The molecule has 1 atom stereocenters. The van der Waals surface area contributed by atoms with Crippen molar-refractivity contribution in [1.82, 2.24) is 4.90 Å². The van der Waals surface area contributed by atoms with Crippen LogP contribution in [0.4, 0.5) is 0 Å². The maximum absolute atomic E-state index is 13.7. The predicted molar refractivity (Wildman–Crippen MR) is 139 cm³/mol. The van der Waals surface area contributed by atoms with E-state index in [1.165, 1.54) is 0 Å². The minimum atomic E-state index is -0.535. The minimum Gasteiger partial charge on any atom is -0.497 e. The second kappa shape index (κ2) is 9.90. The standard InChI is InChI=1S/C30H29NO5/c1-4-17-35-23-12-8-21(9-13-23)27-26-28(32)24-18-19(2)5-14-25(24)36-29(26)30(33)31(27)16-15-20-6-10-22(34-3)11-7-20/h5-14,18,27H,4,15-17H2,1-3H3. The van der Waals surface area contributed by atoms with Crippen LogP contribution in [0.5, 0.6) is 11.5 Å². The van der Waals surface area contributed by atoms with Gasteiger partial charge in [0.1, 0.15) is 17.1 Å². The third-order valence-electron chi connectivity index (χ3n) is 6.59. The molecule has 4 aromatic rings. The Morgan fingerprint density at radius 3 is 2.36 bits per heavy atom. The molecular formula is C30H29NO5. The van der Waals surface area contributed by atoms with Gasteiger partial charge in [-0.2, -0.15) is 0 Å². The molecule has 5 rings (SSSR count). The van der Waals surface area contributed by atoms with E-state index in [1.54, 1.807) is 18.1 Å². The second-order valence-corrected chi connectivity index (χ2v) is 9.09. The summed E-state index contributed by atoms with van der Waals surface area (Å²) in [7, 11) is 1.63. The van der Waals surface area contributed by atoms with Crippen molar-refractivity contribution in [2.24, 2.45) is 0 Å². The Morgan fingerprint density at radius 2 is 1.67 bits per heavy atom. The van der Waals surface area contributed by atoms with E-state index in [2.05, 4.69) is 6.92 Å². The number of hydrogen-bond acceptors (Lipinski definition) is 5. The van der Waals surface area contributed by atoms with Crippen LogP contribution in [-0.4, -0.2) is 31.1 Å². The number of fused-ring (bicyclic) bond motifs is 2. The SMILES string of the molecule is CCCOc1ccc(C2c3c(oc4ccc(C)cc4c3=O)C(=O)N2CCc2ccc(OC)cc2)cc1. The lowest BCUT2D eigenvalue weighted by atomic mass is 9.98. The molecule has 0 saturated carbocycles. The Labute approximate surface area is 210 Å². The molecule has 6 nitrogen and oxygen atoms in total. The molecule has 184 valence electrons. The highest BCUT2D eigenvalue weighted by molar-refractivity contribution is 5.99. The van der Waals surface area contributed by atoms with Gasteiger partial charge in [-0.3, -0.25) is 9.59 Å². The molecule has 0 aliphatic carbocycles. The molecule has 0 radical (unpaired) electrons. The highest BCUT2D eigenvalue weighted by Gasteiger charge is 2.42. The largest absolute Gasteiger partial charge is 0.497 e. The van der Waals surface area contributed by atoms with Gasteiger partial charge in [0.25, 0.3) is 5.91 Å². The van der Waals surface area contributed by atoms with Crippen molar-refractivity contribution in [2.45, 2.75) is 32.7 Å². The van der Waals surface area contributed by atoms with E-state index < -0.39 is 6.04 Å². The van der Waals surface area contributed by atoms with E-state index in [4.69, 9.17) is 13.9 Å². The van der Waals surface area contributed by atoms with Crippen LogP contribution in [0.25, 0.3) is 11.0 Å². The minimum absolute atomic E-state index is 0.127. The van der Waals surface area contributed by atoms with E-state index in [0.29, 0.717) is 36.1 Å². The number of aryl methyl sites for hydroxylation is 1. The van der Waals surface area contributed by atoms with Crippen LogP contribution in [0, 0.1) is 6.92 Å². The van der Waals surface area contributed by atoms with Crippen LogP contribution >= 0.6 is 0 Å². The summed E-state index contributed by atoms with van der Waals surface area (Å²) in [5.41, 5.74) is 3.55. The lowest BCUT2D eigenvalue weighted by Crippen LogP contribution is -2.31. The van der Waals surface area contributed by atoms with Crippen LogP contribution in [0.1, 0.15) is 52.2 Å². The van der Waals surface area contributed by atoms with Gasteiger partial charge in [0.05, 0.1) is 30.7 Å². The van der Waals surface area contributed by atoms with E-state index in [-0.39, 0.29) is 17.1 Å². The highest BCUT2D eigenvalue weighted by atomic mass is 16.5. The molecule has 1 aromatic heterocycles. The Bertz CT molecular complexity index is 1450. The van der Waals surface area contributed by atoms with E-state index in [0.717, 1.165) is 34.6 Å². The third-order valence-corrected chi connectivity index (χ3v) is 6.59. The lowest BCUT2D eigenvalue weighted by Gasteiger charge is -2.25. The van der Waals surface area contributed by atoms with Gasteiger partial charge in [-0.15, -0.1) is 0 Å². The summed E-state index contributed by atoms with van der Waals surface area (Å²) in [6.45, 7) is 5.06. The first-order chi connectivity index (χ1) is 17.5. The molecule has 0 bridgehead atoms. The quantitative estimate of drug-likeness (QED) is 0.322. The topological polar surface area (TPSA) is 69.0 Å². The Kier molecular flexibility index (Phi) is 6.51. The summed E-state index contributed by atoms with van der Waals surface area (Å²) in [5, 5.41) is 0.492. The second-order valence-electron chi connectivity index (χ2n) is 9.09. The molecule has 0 fully saturated rings. The van der Waals surface area contributed by atoms with Crippen molar-refractivity contribution >= 4 is 16.9 Å². The highest BCUT2D eigenvalue weighted by Crippen LogP contribution is 2.38. The van der Waals surface area contributed by atoms with Gasteiger partial charge in [-0.1, -0.05) is 42.8 Å². The van der Waals surface area contributed by atoms with Crippen molar-refractivity contribution < 1.29 is 18.7 Å². The van der Waals surface area contributed by atoms with E-state index in [9.17, 15) is 9.59 Å².